The molecule has 1 aromatic carbocycles. The van der Waals surface area contributed by atoms with Gasteiger partial charge >= 0.3 is 0 Å². The highest BCUT2D eigenvalue weighted by Crippen LogP contribution is 2.25. The van der Waals surface area contributed by atoms with Gasteiger partial charge < -0.3 is 0 Å². The molecule has 3 rings (SSSR count). The van der Waals surface area contributed by atoms with Crippen molar-refractivity contribution in [3.63, 3.8) is 0 Å². The molecule has 0 amide bonds. The van der Waals surface area contributed by atoms with Crippen molar-refractivity contribution in [2.45, 2.75) is 0 Å². The van der Waals surface area contributed by atoms with Crippen LogP contribution in [0.4, 0.5) is 0 Å². The molecule has 2 aromatic heterocycles. The number of pyridine rings is 1. The summed E-state index contributed by atoms with van der Waals surface area (Å²) in [7, 11) is 0. The lowest BCUT2D eigenvalue weighted by Gasteiger charge is -2.06. The monoisotopic (exact) mass is 265 g/mol. The number of aromatic nitrogens is 1. The van der Waals surface area contributed by atoms with Gasteiger partial charge in [-0.2, -0.15) is 0 Å². The Morgan fingerprint density at radius 1 is 0.947 bits per heavy atom. The smallest absolute Gasteiger partial charge is 0.203 e. The van der Waals surface area contributed by atoms with Crippen molar-refractivity contribution in [2.75, 3.05) is 0 Å². The van der Waals surface area contributed by atoms with Gasteiger partial charge in [0.15, 0.2) is 0 Å². The van der Waals surface area contributed by atoms with E-state index < -0.39 is 0 Å². The molecular formula is C16H11NOS. The van der Waals surface area contributed by atoms with E-state index in [0.29, 0.717) is 5.56 Å². The molecule has 92 valence electrons. The normalized spacial score (nSPS) is 10.3. The SMILES string of the molecule is O=C(c1cccs1)c1ccccc1-c1ccccn1. The molecule has 2 heterocycles. The predicted molar refractivity (Wildman–Crippen MR) is 77.4 cm³/mol. The molecule has 0 unspecified atom stereocenters. The zero-order valence-corrected chi connectivity index (χ0v) is 10.9. The number of hydrogen-bond acceptors (Lipinski definition) is 3. The molecule has 19 heavy (non-hydrogen) atoms. The summed E-state index contributed by atoms with van der Waals surface area (Å²) in [5.41, 5.74) is 2.40. The molecule has 3 heteroatoms. The molecule has 0 spiro atoms. The highest BCUT2D eigenvalue weighted by Gasteiger charge is 2.15. The maximum Gasteiger partial charge on any atom is 0.203 e. The van der Waals surface area contributed by atoms with Crippen LogP contribution in [-0.2, 0) is 0 Å². The van der Waals surface area contributed by atoms with E-state index in [0.717, 1.165) is 16.1 Å². The summed E-state index contributed by atoms with van der Waals surface area (Å²) in [4.78, 5) is 17.6. The second-order valence-corrected chi connectivity index (χ2v) is 5.01. The second-order valence-electron chi connectivity index (χ2n) is 4.07. The molecule has 0 radical (unpaired) electrons. The van der Waals surface area contributed by atoms with Gasteiger partial charge in [-0.05, 0) is 23.6 Å². The summed E-state index contributed by atoms with van der Waals surface area (Å²) in [6.07, 6.45) is 1.74. The van der Waals surface area contributed by atoms with E-state index in [2.05, 4.69) is 4.98 Å². The molecule has 0 bridgehead atoms. The Morgan fingerprint density at radius 2 is 1.79 bits per heavy atom. The zero-order valence-electron chi connectivity index (χ0n) is 10.1. The fourth-order valence-corrected chi connectivity index (χ4v) is 2.64. The van der Waals surface area contributed by atoms with E-state index in [-0.39, 0.29) is 5.78 Å². The average molecular weight is 265 g/mol. The van der Waals surface area contributed by atoms with Crippen molar-refractivity contribution in [3.05, 3.63) is 76.6 Å². The van der Waals surface area contributed by atoms with Crippen LogP contribution in [0.3, 0.4) is 0 Å². The molecule has 0 aliphatic heterocycles. The van der Waals surface area contributed by atoms with Crippen molar-refractivity contribution in [1.29, 1.82) is 0 Å². The summed E-state index contributed by atoms with van der Waals surface area (Å²) in [5, 5.41) is 1.91. The predicted octanol–water partition coefficient (Wildman–Crippen LogP) is 4.04. The van der Waals surface area contributed by atoms with Gasteiger partial charge in [0.05, 0.1) is 10.6 Å². The highest BCUT2D eigenvalue weighted by molar-refractivity contribution is 7.12. The van der Waals surface area contributed by atoms with Crippen molar-refractivity contribution < 1.29 is 4.79 Å². The van der Waals surface area contributed by atoms with Crippen LogP contribution in [0.5, 0.6) is 0 Å². The van der Waals surface area contributed by atoms with Crippen LogP contribution >= 0.6 is 11.3 Å². The lowest BCUT2D eigenvalue weighted by atomic mass is 10.00. The number of carbonyl (C=O) groups excluding carboxylic acids is 1. The maximum absolute atomic E-state index is 12.5. The van der Waals surface area contributed by atoms with E-state index in [4.69, 9.17) is 0 Å². The summed E-state index contributed by atoms with van der Waals surface area (Å²) in [6.45, 7) is 0. The number of ketones is 1. The topological polar surface area (TPSA) is 30.0 Å². The third-order valence-electron chi connectivity index (χ3n) is 2.86. The number of hydrogen-bond donors (Lipinski definition) is 0. The van der Waals surface area contributed by atoms with Gasteiger partial charge in [0, 0.05) is 17.3 Å². The first-order valence-electron chi connectivity index (χ1n) is 5.95. The van der Waals surface area contributed by atoms with Gasteiger partial charge in [-0.3, -0.25) is 9.78 Å². The largest absolute Gasteiger partial charge is 0.288 e. The summed E-state index contributed by atoms with van der Waals surface area (Å²) < 4.78 is 0. The lowest BCUT2D eigenvalue weighted by molar-refractivity contribution is 0.104. The van der Waals surface area contributed by atoms with Crippen molar-refractivity contribution >= 4 is 17.1 Å². The first-order chi connectivity index (χ1) is 9.36. The Kier molecular flexibility index (Phi) is 3.21. The fourth-order valence-electron chi connectivity index (χ4n) is 1.97. The first kappa shape index (κ1) is 11.8. The number of thiophene rings is 1. The number of nitrogens with zero attached hydrogens (tertiary/aromatic N) is 1. The van der Waals surface area contributed by atoms with Gasteiger partial charge in [0.25, 0.3) is 0 Å². The van der Waals surface area contributed by atoms with Gasteiger partial charge in [-0.1, -0.05) is 36.4 Å². The summed E-state index contributed by atoms with van der Waals surface area (Å²) in [5.74, 6) is 0.0521. The van der Waals surface area contributed by atoms with Crippen molar-refractivity contribution in [2.24, 2.45) is 0 Å². The average Bonchev–Trinajstić information content (AvgIpc) is 3.02. The summed E-state index contributed by atoms with van der Waals surface area (Å²) in [6, 6.07) is 17.0. The number of rotatable bonds is 3. The van der Waals surface area contributed by atoms with E-state index in [1.165, 1.54) is 11.3 Å². The molecule has 0 aliphatic carbocycles. The molecule has 0 atom stereocenters. The molecule has 0 N–H and O–H groups in total. The van der Waals surface area contributed by atoms with Crippen LogP contribution in [-0.4, -0.2) is 10.8 Å². The molecule has 3 aromatic rings. The number of benzene rings is 1. The van der Waals surface area contributed by atoms with E-state index in [1.54, 1.807) is 6.20 Å². The molecule has 0 saturated carbocycles. The minimum absolute atomic E-state index is 0.0521. The Bertz CT molecular complexity index is 690. The Morgan fingerprint density at radius 3 is 2.53 bits per heavy atom. The van der Waals surface area contributed by atoms with Crippen LogP contribution in [0, 0.1) is 0 Å². The molecule has 0 aliphatic rings. The standard InChI is InChI=1S/C16H11NOS/c18-16(15-9-5-11-19-15)13-7-2-1-6-12(13)14-8-3-4-10-17-14/h1-11H. The van der Waals surface area contributed by atoms with Crippen LogP contribution in [0.25, 0.3) is 11.3 Å². The Labute approximate surface area is 115 Å². The molecule has 0 fully saturated rings. The zero-order chi connectivity index (χ0) is 13.1. The van der Waals surface area contributed by atoms with E-state index in [9.17, 15) is 4.79 Å². The fraction of sp³-hybridized carbons (Fsp3) is 0. The molecular weight excluding hydrogens is 254 g/mol. The van der Waals surface area contributed by atoms with Crippen LogP contribution in [0.1, 0.15) is 15.2 Å². The quantitative estimate of drug-likeness (QED) is 0.669. The first-order valence-corrected chi connectivity index (χ1v) is 6.83. The minimum Gasteiger partial charge on any atom is -0.288 e. The maximum atomic E-state index is 12.5. The van der Waals surface area contributed by atoms with E-state index >= 15 is 0 Å². The third kappa shape index (κ3) is 2.33. The number of carbonyl (C=O) groups is 1. The van der Waals surface area contributed by atoms with Crippen molar-refractivity contribution in [3.8, 4) is 11.3 Å². The van der Waals surface area contributed by atoms with Crippen molar-refractivity contribution in [1.82, 2.24) is 4.98 Å². The van der Waals surface area contributed by atoms with Crippen LogP contribution < -0.4 is 0 Å². The molecule has 2 nitrogen and oxygen atoms in total. The van der Waals surface area contributed by atoms with Gasteiger partial charge in [0.2, 0.25) is 5.78 Å². The summed E-state index contributed by atoms with van der Waals surface area (Å²) >= 11 is 1.46. The van der Waals surface area contributed by atoms with Crippen LogP contribution in [0.15, 0.2) is 66.2 Å². The van der Waals surface area contributed by atoms with Crippen LogP contribution in [0.2, 0.25) is 0 Å². The highest BCUT2D eigenvalue weighted by atomic mass is 32.1. The van der Waals surface area contributed by atoms with Gasteiger partial charge in [-0.15, -0.1) is 11.3 Å². The lowest BCUT2D eigenvalue weighted by Crippen LogP contribution is -2.01. The Balaban J connectivity index is 2.11. The second kappa shape index (κ2) is 5.16. The van der Waals surface area contributed by atoms with Gasteiger partial charge in [-0.25, -0.2) is 0 Å². The molecule has 0 saturated heterocycles. The third-order valence-corrected chi connectivity index (χ3v) is 3.73. The van der Waals surface area contributed by atoms with Gasteiger partial charge in [0.1, 0.15) is 0 Å². The Hall–Kier alpha value is -2.26. The minimum atomic E-state index is 0.0521. The van der Waals surface area contributed by atoms with E-state index in [1.807, 2.05) is 60.0 Å².